The predicted octanol–water partition coefficient (Wildman–Crippen LogP) is 1.39. The number of carbonyl (C=O) groups is 4. The third-order valence-corrected chi connectivity index (χ3v) is 6.01. The smallest absolute Gasteiger partial charge is 0.416 e. The van der Waals surface area contributed by atoms with E-state index in [1.54, 1.807) is 4.72 Å². The third-order valence-electron chi connectivity index (χ3n) is 4.62. The highest BCUT2D eigenvalue weighted by Gasteiger charge is 2.33. The molecule has 1 aliphatic rings. The monoisotopic (exact) mass is 499 g/mol. The fraction of sp³-hybridized carbons (Fsp3) is 0.200. The van der Waals surface area contributed by atoms with E-state index in [1.807, 2.05) is 0 Å². The summed E-state index contributed by atoms with van der Waals surface area (Å²) in [7, 11) is -3.15. The Bertz CT molecular complexity index is 1290. The summed E-state index contributed by atoms with van der Waals surface area (Å²) in [6, 6.07) is 6.92. The first kappa shape index (κ1) is 24.9. The number of benzene rings is 2. The molecule has 1 heterocycles. The van der Waals surface area contributed by atoms with Crippen LogP contribution in [0.1, 0.15) is 26.3 Å². The number of hydrogen-bond donors (Lipinski definition) is 2. The molecule has 2 aromatic rings. The van der Waals surface area contributed by atoms with Crippen LogP contribution in [0.5, 0.6) is 0 Å². The van der Waals surface area contributed by atoms with Crippen molar-refractivity contribution in [1.29, 1.82) is 0 Å². The molecule has 0 unspecified atom stereocenters. The molecule has 3 amide bonds. The molecule has 34 heavy (non-hydrogen) atoms. The summed E-state index contributed by atoms with van der Waals surface area (Å²) in [6.45, 7) is -1.75. The van der Waals surface area contributed by atoms with Crippen molar-refractivity contribution in [1.82, 2.24) is 9.62 Å². The highest BCUT2D eigenvalue weighted by molar-refractivity contribution is 7.89. The molecule has 1 aliphatic heterocycles. The van der Waals surface area contributed by atoms with E-state index in [2.05, 4.69) is 10.1 Å². The maximum Gasteiger partial charge on any atom is 0.416 e. The maximum atomic E-state index is 12.8. The Labute approximate surface area is 190 Å². The van der Waals surface area contributed by atoms with Crippen molar-refractivity contribution in [3.63, 3.8) is 0 Å². The van der Waals surface area contributed by atoms with Gasteiger partial charge in [0, 0.05) is 12.7 Å². The lowest BCUT2D eigenvalue weighted by Gasteiger charge is -2.10. The van der Waals surface area contributed by atoms with Crippen molar-refractivity contribution in [2.45, 2.75) is 11.1 Å². The molecular weight excluding hydrogens is 483 g/mol. The van der Waals surface area contributed by atoms with Crippen molar-refractivity contribution >= 4 is 39.4 Å². The molecule has 2 N–H and O–H groups in total. The molecule has 0 bridgehead atoms. The largest absolute Gasteiger partial charge is 0.455 e. The van der Waals surface area contributed by atoms with Gasteiger partial charge in [0.2, 0.25) is 10.0 Å². The Balaban J connectivity index is 1.52. The van der Waals surface area contributed by atoms with E-state index in [0.717, 1.165) is 17.0 Å². The number of fused-ring (bicyclic) bond motifs is 1. The lowest BCUT2D eigenvalue weighted by Crippen LogP contribution is -2.32. The van der Waals surface area contributed by atoms with Gasteiger partial charge in [0.1, 0.15) is 6.54 Å². The van der Waals surface area contributed by atoms with Crippen LogP contribution in [-0.2, 0) is 30.5 Å². The summed E-state index contributed by atoms with van der Waals surface area (Å²) in [5.74, 6) is -3.02. The van der Waals surface area contributed by atoms with Crippen molar-refractivity contribution < 1.29 is 45.5 Å². The van der Waals surface area contributed by atoms with Gasteiger partial charge in [0.15, 0.2) is 6.61 Å². The number of ether oxygens (including phenoxy) is 1. The molecule has 10 nitrogen and oxygen atoms in total. The molecule has 0 fully saturated rings. The number of esters is 1. The van der Waals surface area contributed by atoms with Gasteiger partial charge >= 0.3 is 12.1 Å². The molecule has 0 atom stereocenters. The minimum atomic E-state index is -4.75. The molecule has 3 rings (SSSR count). The van der Waals surface area contributed by atoms with E-state index in [4.69, 9.17) is 0 Å². The van der Waals surface area contributed by atoms with Crippen LogP contribution in [-0.4, -0.2) is 57.2 Å². The van der Waals surface area contributed by atoms with Gasteiger partial charge < -0.3 is 10.1 Å². The van der Waals surface area contributed by atoms with Gasteiger partial charge in [-0.1, -0.05) is 6.07 Å². The first-order valence-electron chi connectivity index (χ1n) is 9.38. The lowest BCUT2D eigenvalue weighted by atomic mass is 10.1. The SMILES string of the molecule is CN1C(=O)c2ccc(NC(=O)COC(=O)CNS(=O)(=O)c3cccc(C(F)(F)F)c3)cc2C1=O. The fourth-order valence-electron chi connectivity index (χ4n) is 2.91. The second kappa shape index (κ2) is 9.23. The topological polar surface area (TPSA) is 139 Å². The highest BCUT2D eigenvalue weighted by atomic mass is 32.2. The van der Waals surface area contributed by atoms with E-state index in [-0.39, 0.29) is 16.8 Å². The van der Waals surface area contributed by atoms with Crippen molar-refractivity contribution in [3.05, 3.63) is 59.2 Å². The van der Waals surface area contributed by atoms with Crippen LogP contribution in [0.3, 0.4) is 0 Å². The second-order valence-corrected chi connectivity index (χ2v) is 8.76. The molecule has 14 heteroatoms. The van der Waals surface area contributed by atoms with E-state index < -0.39 is 63.5 Å². The van der Waals surface area contributed by atoms with Gasteiger partial charge in [0.05, 0.1) is 21.6 Å². The number of amides is 3. The quantitative estimate of drug-likeness (QED) is 0.434. The van der Waals surface area contributed by atoms with Gasteiger partial charge in [-0.25, -0.2) is 8.42 Å². The number of sulfonamides is 1. The number of anilines is 1. The van der Waals surface area contributed by atoms with Gasteiger partial charge in [-0.2, -0.15) is 17.9 Å². The Kier molecular flexibility index (Phi) is 6.74. The molecule has 0 saturated heterocycles. The number of nitrogens with one attached hydrogen (secondary N) is 2. The molecule has 0 aliphatic carbocycles. The molecule has 0 spiro atoms. The van der Waals surface area contributed by atoms with Crippen LogP contribution in [0.2, 0.25) is 0 Å². The van der Waals surface area contributed by atoms with Gasteiger partial charge in [-0.3, -0.25) is 24.1 Å². The zero-order valence-corrected chi connectivity index (χ0v) is 18.1. The summed E-state index contributed by atoms with van der Waals surface area (Å²) in [5, 5.41) is 2.35. The van der Waals surface area contributed by atoms with Crippen LogP contribution >= 0.6 is 0 Å². The van der Waals surface area contributed by atoms with Crippen molar-refractivity contribution in [2.75, 3.05) is 25.5 Å². The first-order valence-corrected chi connectivity index (χ1v) is 10.9. The van der Waals surface area contributed by atoms with Crippen molar-refractivity contribution in [3.8, 4) is 0 Å². The Morgan fingerprint density at radius 3 is 2.38 bits per heavy atom. The maximum absolute atomic E-state index is 12.8. The predicted molar refractivity (Wildman–Crippen MR) is 109 cm³/mol. The minimum absolute atomic E-state index is 0.0892. The number of alkyl halides is 3. The molecule has 180 valence electrons. The van der Waals surface area contributed by atoms with E-state index in [1.165, 1.54) is 25.2 Å². The number of hydrogen-bond acceptors (Lipinski definition) is 7. The van der Waals surface area contributed by atoms with E-state index in [0.29, 0.717) is 12.1 Å². The number of rotatable bonds is 7. The first-order chi connectivity index (χ1) is 15.8. The molecule has 0 radical (unpaired) electrons. The summed E-state index contributed by atoms with van der Waals surface area (Å²) in [6.07, 6.45) is -4.75. The Morgan fingerprint density at radius 2 is 1.71 bits per heavy atom. The average Bonchev–Trinajstić information content (AvgIpc) is 2.99. The second-order valence-electron chi connectivity index (χ2n) is 6.99. The zero-order chi connectivity index (χ0) is 25.3. The lowest BCUT2D eigenvalue weighted by molar-refractivity contribution is -0.146. The van der Waals surface area contributed by atoms with Crippen LogP contribution < -0.4 is 10.0 Å². The number of halogens is 3. The van der Waals surface area contributed by atoms with Crippen LogP contribution in [0, 0.1) is 0 Å². The fourth-order valence-corrected chi connectivity index (χ4v) is 3.92. The molecule has 0 aromatic heterocycles. The average molecular weight is 499 g/mol. The number of carbonyl (C=O) groups excluding carboxylic acids is 4. The third kappa shape index (κ3) is 5.40. The minimum Gasteiger partial charge on any atom is -0.455 e. The van der Waals surface area contributed by atoms with Crippen LogP contribution in [0.4, 0.5) is 18.9 Å². The van der Waals surface area contributed by atoms with Crippen LogP contribution in [0.15, 0.2) is 47.4 Å². The molecular formula is C20H16F3N3O7S. The summed E-state index contributed by atoms with van der Waals surface area (Å²) in [5.41, 5.74) is -0.767. The number of nitrogens with zero attached hydrogens (tertiary/aromatic N) is 1. The number of imide groups is 1. The summed E-state index contributed by atoms with van der Waals surface area (Å²) >= 11 is 0. The van der Waals surface area contributed by atoms with E-state index in [9.17, 15) is 40.8 Å². The molecule has 2 aromatic carbocycles. The van der Waals surface area contributed by atoms with E-state index >= 15 is 0 Å². The van der Waals surface area contributed by atoms with Gasteiger partial charge in [-0.15, -0.1) is 0 Å². The Morgan fingerprint density at radius 1 is 1.03 bits per heavy atom. The Hall–Kier alpha value is -3.78. The standard InChI is InChI=1S/C20H16F3N3O7S/c1-26-18(29)14-6-5-12(8-15(14)19(26)30)25-16(27)10-33-17(28)9-24-34(31,32)13-4-2-3-11(7-13)20(21,22)23/h2-8,24H,9-10H2,1H3,(H,25,27). The molecule has 0 saturated carbocycles. The van der Waals surface area contributed by atoms with Gasteiger partial charge in [-0.05, 0) is 36.4 Å². The van der Waals surface area contributed by atoms with Gasteiger partial charge in [0.25, 0.3) is 17.7 Å². The highest BCUT2D eigenvalue weighted by Crippen LogP contribution is 2.30. The summed E-state index contributed by atoms with van der Waals surface area (Å²) < 4.78 is 69.0. The van der Waals surface area contributed by atoms with Crippen LogP contribution in [0.25, 0.3) is 0 Å². The normalized spacial score (nSPS) is 13.6. The summed E-state index contributed by atoms with van der Waals surface area (Å²) in [4.78, 5) is 47.8. The van der Waals surface area contributed by atoms with Crippen molar-refractivity contribution in [2.24, 2.45) is 0 Å². The zero-order valence-electron chi connectivity index (χ0n) is 17.3.